The number of fused-ring (bicyclic) bond motifs is 6. The summed E-state index contributed by atoms with van der Waals surface area (Å²) in [6, 6.07) is 66.6. The summed E-state index contributed by atoms with van der Waals surface area (Å²) in [7, 11) is 0. The minimum atomic E-state index is 0.651. The summed E-state index contributed by atoms with van der Waals surface area (Å²) >= 11 is 3.71. The molecule has 0 amide bonds. The Balaban J connectivity index is 1.10. The van der Waals surface area contributed by atoms with Crippen molar-refractivity contribution < 1.29 is 0 Å². The van der Waals surface area contributed by atoms with Crippen LogP contribution in [0.5, 0.6) is 0 Å². The number of nitrogens with zero attached hydrogens (tertiary/aromatic N) is 3. The maximum atomic E-state index is 5.19. The van der Waals surface area contributed by atoms with Gasteiger partial charge in [0.1, 0.15) is 0 Å². The quantitative estimate of drug-likeness (QED) is 0.170. The Morgan fingerprint density at radius 2 is 0.732 bits per heavy atom. The second-order valence-electron chi connectivity index (χ2n) is 13.9. The molecule has 3 aromatic heterocycles. The third kappa shape index (κ3) is 5.51. The lowest BCUT2D eigenvalue weighted by atomic mass is 9.94. The number of hydrogen-bond donors (Lipinski definition) is 0. The molecule has 0 saturated heterocycles. The van der Waals surface area contributed by atoms with Gasteiger partial charge < -0.3 is 0 Å². The van der Waals surface area contributed by atoms with Gasteiger partial charge in [0.05, 0.1) is 0 Å². The summed E-state index contributed by atoms with van der Waals surface area (Å²) in [5.41, 5.74) is 10.2. The van der Waals surface area contributed by atoms with E-state index >= 15 is 0 Å². The fraction of sp³-hybridized carbons (Fsp3) is 0. The van der Waals surface area contributed by atoms with Crippen molar-refractivity contribution in [2.75, 3.05) is 0 Å². The Morgan fingerprint density at radius 1 is 0.268 bits per heavy atom. The van der Waals surface area contributed by atoms with Gasteiger partial charge in [0.15, 0.2) is 17.5 Å². The van der Waals surface area contributed by atoms with E-state index in [9.17, 15) is 0 Å². The molecule has 0 atom stereocenters. The van der Waals surface area contributed by atoms with Crippen molar-refractivity contribution in [3.8, 4) is 67.5 Å². The number of rotatable bonds is 6. The second-order valence-corrected chi connectivity index (χ2v) is 16.0. The zero-order valence-corrected chi connectivity index (χ0v) is 31.7. The number of benzene rings is 8. The molecule has 0 bridgehead atoms. The first-order chi connectivity index (χ1) is 27.8. The third-order valence-corrected chi connectivity index (χ3v) is 13.1. The molecule has 0 fully saturated rings. The molecule has 0 spiro atoms. The monoisotopic (exact) mass is 749 g/mol. The molecular weight excluding hydrogens is 719 g/mol. The fourth-order valence-corrected chi connectivity index (χ4v) is 10.5. The van der Waals surface area contributed by atoms with Gasteiger partial charge in [-0.15, -0.1) is 22.7 Å². The molecule has 5 heteroatoms. The second kappa shape index (κ2) is 13.5. The van der Waals surface area contributed by atoms with Gasteiger partial charge >= 0.3 is 0 Å². The molecule has 0 unspecified atom stereocenters. The summed E-state index contributed by atoms with van der Waals surface area (Å²) in [4.78, 5) is 15.4. The number of hydrogen-bond acceptors (Lipinski definition) is 5. The Bertz CT molecular complexity index is 3220. The fourth-order valence-electron chi connectivity index (χ4n) is 7.89. The van der Waals surface area contributed by atoms with Crippen molar-refractivity contribution >= 4 is 63.0 Å². The zero-order valence-electron chi connectivity index (χ0n) is 30.1. The highest BCUT2D eigenvalue weighted by Gasteiger charge is 2.21. The Hall–Kier alpha value is -6.79. The van der Waals surface area contributed by atoms with Crippen LogP contribution in [0.1, 0.15) is 0 Å². The Morgan fingerprint density at radius 3 is 1.43 bits per heavy atom. The first kappa shape index (κ1) is 32.6. The highest BCUT2D eigenvalue weighted by Crippen LogP contribution is 2.49. The smallest absolute Gasteiger partial charge is 0.165 e. The molecule has 0 radical (unpaired) electrons. The average Bonchev–Trinajstić information content (AvgIpc) is 3.87. The lowest BCUT2D eigenvalue weighted by molar-refractivity contribution is 1.08. The molecule has 11 aromatic rings. The summed E-state index contributed by atoms with van der Waals surface area (Å²) in [5, 5.41) is 5.05. The molecule has 8 aromatic carbocycles. The van der Waals surface area contributed by atoms with E-state index in [-0.39, 0.29) is 0 Å². The first-order valence-corrected chi connectivity index (χ1v) is 20.3. The largest absolute Gasteiger partial charge is 0.208 e. The summed E-state index contributed by atoms with van der Waals surface area (Å²) < 4.78 is 5.03. The van der Waals surface area contributed by atoms with Crippen LogP contribution in [0, 0.1) is 0 Å². The average molecular weight is 750 g/mol. The minimum absolute atomic E-state index is 0.651. The van der Waals surface area contributed by atoms with E-state index in [2.05, 4.69) is 164 Å². The molecule has 56 heavy (non-hydrogen) atoms. The topological polar surface area (TPSA) is 38.7 Å². The lowest BCUT2D eigenvalue weighted by Gasteiger charge is -2.10. The number of thiophene rings is 2. The normalized spacial score (nSPS) is 11.6. The van der Waals surface area contributed by atoms with E-state index in [1.807, 2.05) is 46.9 Å². The van der Waals surface area contributed by atoms with E-state index < -0.39 is 0 Å². The van der Waals surface area contributed by atoms with Gasteiger partial charge in [0.2, 0.25) is 0 Å². The predicted octanol–water partition coefficient (Wildman–Crippen LogP) is 14.6. The van der Waals surface area contributed by atoms with Crippen LogP contribution in [0.15, 0.2) is 188 Å². The lowest BCUT2D eigenvalue weighted by Crippen LogP contribution is -2.00. The maximum absolute atomic E-state index is 5.19. The summed E-state index contributed by atoms with van der Waals surface area (Å²) in [6.07, 6.45) is 0. The SMILES string of the molecule is c1ccc(-c2ccc(-c3nc(-c4ccccc4)nc(-c4cccc5c4sc4c(-c6ccc(-c7ccccc7)c7c6sc6ccccc67)cccc45)n3)cc2)cc1. The van der Waals surface area contributed by atoms with Gasteiger partial charge in [-0.05, 0) is 34.4 Å². The van der Waals surface area contributed by atoms with Crippen LogP contribution in [-0.4, -0.2) is 15.0 Å². The first-order valence-electron chi connectivity index (χ1n) is 18.7. The minimum Gasteiger partial charge on any atom is -0.208 e. The van der Waals surface area contributed by atoms with Crippen LogP contribution in [0.25, 0.3) is 108 Å². The van der Waals surface area contributed by atoms with E-state index in [1.54, 1.807) is 0 Å². The summed E-state index contributed by atoms with van der Waals surface area (Å²) in [6.45, 7) is 0. The van der Waals surface area contributed by atoms with Gasteiger partial charge in [0, 0.05) is 68.2 Å². The number of aromatic nitrogens is 3. The van der Waals surface area contributed by atoms with Gasteiger partial charge in [0.25, 0.3) is 0 Å². The molecule has 0 aliphatic carbocycles. The van der Waals surface area contributed by atoms with Gasteiger partial charge in [-0.3, -0.25) is 0 Å². The highest BCUT2D eigenvalue weighted by atomic mass is 32.1. The molecule has 0 aliphatic heterocycles. The van der Waals surface area contributed by atoms with Crippen LogP contribution in [0.4, 0.5) is 0 Å². The molecule has 0 saturated carbocycles. The third-order valence-electron chi connectivity index (χ3n) is 10.6. The van der Waals surface area contributed by atoms with Crippen LogP contribution in [0.2, 0.25) is 0 Å². The van der Waals surface area contributed by atoms with Gasteiger partial charge in [-0.25, -0.2) is 15.0 Å². The van der Waals surface area contributed by atoms with E-state index in [0.29, 0.717) is 17.5 Å². The molecule has 0 N–H and O–H groups in total. The summed E-state index contributed by atoms with van der Waals surface area (Å²) in [5.74, 6) is 1.97. The van der Waals surface area contributed by atoms with Crippen LogP contribution in [-0.2, 0) is 0 Å². The molecule has 3 nitrogen and oxygen atoms in total. The Kier molecular flexibility index (Phi) is 7.87. The molecule has 3 heterocycles. The molecule has 0 aliphatic rings. The van der Waals surface area contributed by atoms with E-state index in [1.165, 1.54) is 68.2 Å². The Labute approximate surface area is 331 Å². The van der Waals surface area contributed by atoms with E-state index in [4.69, 9.17) is 15.0 Å². The standard InChI is InChI=1S/C51H31N3S2/c1-4-14-32(15-5-1)33-26-28-36(29-27-33)50-52-49(35-18-8-3-9-19-35)53-51(54-50)43-24-13-23-39-38-21-12-22-40(46(38)56-47(39)43)41-31-30-37(34-16-6-2-7-17-34)45-42-20-10-11-25-44(42)55-48(41)45/h1-31H. The molecule has 11 rings (SSSR count). The van der Waals surface area contributed by atoms with E-state index in [0.717, 1.165) is 22.3 Å². The maximum Gasteiger partial charge on any atom is 0.165 e. The van der Waals surface area contributed by atoms with Crippen LogP contribution < -0.4 is 0 Å². The van der Waals surface area contributed by atoms with Gasteiger partial charge in [-0.2, -0.15) is 0 Å². The van der Waals surface area contributed by atoms with Crippen molar-refractivity contribution in [3.63, 3.8) is 0 Å². The highest BCUT2D eigenvalue weighted by molar-refractivity contribution is 7.27. The van der Waals surface area contributed by atoms with Crippen molar-refractivity contribution in [1.29, 1.82) is 0 Å². The van der Waals surface area contributed by atoms with Crippen LogP contribution >= 0.6 is 22.7 Å². The predicted molar refractivity (Wildman–Crippen MR) is 238 cm³/mol. The zero-order chi connectivity index (χ0) is 37.0. The van der Waals surface area contributed by atoms with Crippen molar-refractivity contribution in [2.24, 2.45) is 0 Å². The van der Waals surface area contributed by atoms with Crippen molar-refractivity contribution in [2.45, 2.75) is 0 Å². The van der Waals surface area contributed by atoms with Gasteiger partial charge in [-0.1, -0.05) is 176 Å². The van der Waals surface area contributed by atoms with Crippen molar-refractivity contribution in [1.82, 2.24) is 15.0 Å². The van der Waals surface area contributed by atoms with Crippen molar-refractivity contribution in [3.05, 3.63) is 188 Å². The van der Waals surface area contributed by atoms with Crippen LogP contribution in [0.3, 0.4) is 0 Å². The molecule has 262 valence electrons. The molecular formula is C51H31N3S2.